The van der Waals surface area contributed by atoms with Gasteiger partial charge in [-0.3, -0.25) is 0 Å². The highest BCUT2D eigenvalue weighted by molar-refractivity contribution is 6.36. The third-order valence-electron chi connectivity index (χ3n) is 4.56. The van der Waals surface area contributed by atoms with Gasteiger partial charge in [-0.2, -0.15) is 5.26 Å². The summed E-state index contributed by atoms with van der Waals surface area (Å²) >= 11 is 12.3. The number of nitrogens with zero attached hydrogens (tertiary/aromatic N) is 4. The summed E-state index contributed by atoms with van der Waals surface area (Å²) in [6, 6.07) is 5.71. The van der Waals surface area contributed by atoms with Crippen molar-refractivity contribution in [2.75, 3.05) is 6.61 Å². The summed E-state index contributed by atoms with van der Waals surface area (Å²) in [5, 5.41) is 19.2. The van der Waals surface area contributed by atoms with E-state index in [1.807, 2.05) is 6.08 Å². The Hall–Kier alpha value is -2.29. The molecule has 0 saturated carbocycles. The van der Waals surface area contributed by atoms with Gasteiger partial charge in [-0.05, 0) is 42.7 Å². The normalized spacial score (nSPS) is 16.7. The van der Waals surface area contributed by atoms with Gasteiger partial charge < -0.3 is 9.30 Å². The molecule has 4 rings (SSSR count). The van der Waals surface area contributed by atoms with E-state index in [0.29, 0.717) is 33.8 Å². The zero-order chi connectivity index (χ0) is 18.1. The molecule has 0 spiro atoms. The standard InChI is InChI=1S/C19H16Cl2N4O/c20-15-8-13-6-12(11-26-18(13)16(21)9-15)7-14(10-22)19-24-23-17-4-2-1-3-5-25(17)19/h6-9H,1-5,11H2/b14-7-. The third-order valence-corrected chi connectivity index (χ3v) is 5.06. The summed E-state index contributed by atoms with van der Waals surface area (Å²) in [5.41, 5.74) is 2.15. The van der Waals surface area contributed by atoms with Crippen LogP contribution >= 0.6 is 23.2 Å². The van der Waals surface area contributed by atoms with Gasteiger partial charge >= 0.3 is 0 Å². The first-order chi connectivity index (χ1) is 12.7. The van der Waals surface area contributed by atoms with Gasteiger partial charge in [-0.15, -0.1) is 10.2 Å². The molecule has 3 heterocycles. The SMILES string of the molecule is N#C/C(=C/C1=Cc2cc(Cl)cc(Cl)c2OC1)c1nnc2n1CCCCC2. The molecular weight excluding hydrogens is 371 g/mol. The molecule has 0 atom stereocenters. The van der Waals surface area contributed by atoms with Crippen molar-refractivity contribution in [3.8, 4) is 11.8 Å². The fourth-order valence-corrected chi connectivity index (χ4v) is 3.90. The van der Waals surface area contributed by atoms with E-state index in [2.05, 4.69) is 20.8 Å². The monoisotopic (exact) mass is 386 g/mol. The lowest BCUT2D eigenvalue weighted by molar-refractivity contribution is 0.351. The topological polar surface area (TPSA) is 63.7 Å². The molecule has 7 heteroatoms. The first kappa shape index (κ1) is 17.1. The zero-order valence-corrected chi connectivity index (χ0v) is 15.5. The lowest BCUT2D eigenvalue weighted by atomic mass is 10.0. The Morgan fingerprint density at radius 2 is 2.12 bits per heavy atom. The van der Waals surface area contributed by atoms with Crippen molar-refractivity contribution < 1.29 is 4.74 Å². The lowest BCUT2D eigenvalue weighted by Crippen LogP contribution is -2.08. The average Bonchev–Trinajstić information content (AvgIpc) is 2.87. The number of nitriles is 1. The zero-order valence-electron chi connectivity index (χ0n) is 14.0. The maximum Gasteiger partial charge on any atom is 0.174 e. The molecule has 2 aromatic rings. The van der Waals surface area contributed by atoms with E-state index in [4.69, 9.17) is 27.9 Å². The molecule has 2 aliphatic rings. The molecule has 0 aliphatic carbocycles. The number of hydrogen-bond acceptors (Lipinski definition) is 4. The van der Waals surface area contributed by atoms with Crippen LogP contribution in [0.15, 0.2) is 23.8 Å². The second-order valence-electron chi connectivity index (χ2n) is 6.39. The van der Waals surface area contributed by atoms with Gasteiger partial charge in [0, 0.05) is 23.6 Å². The van der Waals surface area contributed by atoms with Gasteiger partial charge in [-0.1, -0.05) is 29.6 Å². The molecule has 0 bridgehead atoms. The van der Waals surface area contributed by atoms with E-state index in [-0.39, 0.29) is 0 Å². The molecule has 26 heavy (non-hydrogen) atoms. The van der Waals surface area contributed by atoms with Crippen molar-refractivity contribution in [2.45, 2.75) is 32.2 Å². The van der Waals surface area contributed by atoms with Crippen LogP contribution in [0.2, 0.25) is 10.0 Å². The van der Waals surface area contributed by atoms with Crippen LogP contribution in [-0.2, 0) is 13.0 Å². The Morgan fingerprint density at radius 3 is 2.96 bits per heavy atom. The molecule has 0 fully saturated rings. The Morgan fingerprint density at radius 1 is 1.23 bits per heavy atom. The van der Waals surface area contributed by atoms with Gasteiger partial charge in [0.25, 0.3) is 0 Å². The number of ether oxygens (including phenoxy) is 1. The number of rotatable bonds is 2. The minimum absolute atomic E-state index is 0.334. The molecule has 5 nitrogen and oxygen atoms in total. The van der Waals surface area contributed by atoms with Gasteiger partial charge in [0.2, 0.25) is 0 Å². The van der Waals surface area contributed by atoms with Crippen LogP contribution in [0.25, 0.3) is 11.6 Å². The van der Waals surface area contributed by atoms with Crippen molar-refractivity contribution >= 4 is 34.9 Å². The van der Waals surface area contributed by atoms with Crippen LogP contribution in [0, 0.1) is 11.3 Å². The van der Waals surface area contributed by atoms with Crippen LogP contribution in [0.3, 0.4) is 0 Å². The number of halogens is 2. The van der Waals surface area contributed by atoms with E-state index in [1.165, 1.54) is 6.42 Å². The Bertz CT molecular complexity index is 969. The van der Waals surface area contributed by atoms with E-state index in [0.717, 1.165) is 42.8 Å². The van der Waals surface area contributed by atoms with Gasteiger partial charge in [0.1, 0.15) is 24.3 Å². The highest BCUT2D eigenvalue weighted by Crippen LogP contribution is 2.37. The van der Waals surface area contributed by atoms with E-state index < -0.39 is 0 Å². The van der Waals surface area contributed by atoms with E-state index in [1.54, 1.807) is 18.2 Å². The van der Waals surface area contributed by atoms with Crippen molar-refractivity contribution in [1.82, 2.24) is 14.8 Å². The Kier molecular flexibility index (Phi) is 4.71. The van der Waals surface area contributed by atoms with Gasteiger partial charge in [-0.25, -0.2) is 0 Å². The predicted octanol–water partition coefficient (Wildman–Crippen LogP) is 4.69. The van der Waals surface area contributed by atoms with Crippen LogP contribution in [0.4, 0.5) is 0 Å². The molecule has 1 aromatic carbocycles. The second kappa shape index (κ2) is 7.14. The van der Waals surface area contributed by atoms with E-state index in [9.17, 15) is 5.26 Å². The summed E-state index contributed by atoms with van der Waals surface area (Å²) in [4.78, 5) is 0. The maximum atomic E-state index is 9.67. The molecule has 132 valence electrons. The van der Waals surface area contributed by atoms with Crippen molar-refractivity contribution in [2.24, 2.45) is 0 Å². The fourth-order valence-electron chi connectivity index (χ4n) is 3.34. The van der Waals surface area contributed by atoms with Crippen LogP contribution < -0.4 is 4.74 Å². The summed E-state index contributed by atoms with van der Waals surface area (Å²) < 4.78 is 7.83. The molecule has 2 aliphatic heterocycles. The highest BCUT2D eigenvalue weighted by atomic mass is 35.5. The molecule has 0 unspecified atom stereocenters. The minimum Gasteiger partial charge on any atom is -0.487 e. The maximum absolute atomic E-state index is 9.67. The predicted molar refractivity (Wildman–Crippen MR) is 101 cm³/mol. The van der Waals surface area contributed by atoms with Crippen LogP contribution in [0.1, 0.15) is 36.5 Å². The number of hydrogen-bond donors (Lipinski definition) is 0. The van der Waals surface area contributed by atoms with Crippen molar-refractivity contribution in [3.05, 3.63) is 51.0 Å². The molecule has 0 saturated heterocycles. The smallest absolute Gasteiger partial charge is 0.174 e. The number of benzene rings is 1. The molecule has 0 radical (unpaired) electrons. The quantitative estimate of drug-likeness (QED) is 0.701. The number of fused-ring (bicyclic) bond motifs is 2. The van der Waals surface area contributed by atoms with Gasteiger partial charge in [0.05, 0.1) is 10.6 Å². The summed E-state index contributed by atoms with van der Waals surface area (Å²) in [7, 11) is 0. The largest absolute Gasteiger partial charge is 0.487 e. The summed E-state index contributed by atoms with van der Waals surface area (Å²) in [6.07, 6.45) is 8.01. The number of allylic oxidation sites excluding steroid dienone is 1. The molecular formula is C19H16Cl2N4O. The van der Waals surface area contributed by atoms with Gasteiger partial charge in [0.15, 0.2) is 5.82 Å². The minimum atomic E-state index is 0.334. The van der Waals surface area contributed by atoms with Crippen LogP contribution in [-0.4, -0.2) is 21.4 Å². The van der Waals surface area contributed by atoms with Crippen LogP contribution in [0.5, 0.6) is 5.75 Å². The number of aromatic nitrogens is 3. The van der Waals surface area contributed by atoms with Crippen molar-refractivity contribution in [1.29, 1.82) is 5.26 Å². The van der Waals surface area contributed by atoms with Crippen molar-refractivity contribution in [3.63, 3.8) is 0 Å². The second-order valence-corrected chi connectivity index (χ2v) is 7.23. The molecule has 0 amide bonds. The molecule has 0 N–H and O–H groups in total. The Balaban J connectivity index is 1.72. The summed E-state index contributed by atoms with van der Waals surface area (Å²) in [6.45, 7) is 1.18. The number of aryl methyl sites for hydroxylation is 1. The first-order valence-electron chi connectivity index (χ1n) is 8.52. The molecule has 1 aromatic heterocycles. The average molecular weight is 387 g/mol. The fraction of sp³-hybridized carbons (Fsp3) is 0.316. The van der Waals surface area contributed by atoms with E-state index >= 15 is 0 Å². The highest BCUT2D eigenvalue weighted by Gasteiger charge is 2.20. The lowest BCUT2D eigenvalue weighted by Gasteiger charge is -2.18. The Labute approximate surface area is 161 Å². The summed E-state index contributed by atoms with van der Waals surface area (Å²) in [5.74, 6) is 2.19. The first-order valence-corrected chi connectivity index (χ1v) is 9.28. The third kappa shape index (κ3) is 3.23.